The van der Waals surface area contributed by atoms with Crippen molar-refractivity contribution in [2.24, 2.45) is 0 Å². The molecule has 2 rings (SSSR count). The second-order valence-electron chi connectivity index (χ2n) is 3.72. The molecule has 1 aromatic heterocycles. The van der Waals surface area contributed by atoms with Crippen LogP contribution in [0.2, 0.25) is 0 Å². The van der Waals surface area contributed by atoms with Crippen LogP contribution >= 0.6 is 0 Å². The van der Waals surface area contributed by atoms with E-state index in [-0.39, 0.29) is 5.82 Å². The highest BCUT2D eigenvalue weighted by Crippen LogP contribution is 2.20. The van der Waals surface area contributed by atoms with Gasteiger partial charge in [0.05, 0.1) is 5.56 Å². The molecule has 0 spiro atoms. The van der Waals surface area contributed by atoms with Crippen molar-refractivity contribution >= 4 is 0 Å². The van der Waals surface area contributed by atoms with E-state index in [4.69, 9.17) is 4.74 Å². The summed E-state index contributed by atoms with van der Waals surface area (Å²) in [7, 11) is 0. The highest BCUT2D eigenvalue weighted by atomic mass is 19.1. The van der Waals surface area contributed by atoms with Crippen molar-refractivity contribution in [1.29, 1.82) is 0 Å². The van der Waals surface area contributed by atoms with E-state index < -0.39 is 0 Å². The number of rotatable bonds is 4. The van der Waals surface area contributed by atoms with E-state index >= 15 is 0 Å². The molecule has 0 aliphatic rings. The van der Waals surface area contributed by atoms with Crippen LogP contribution in [0.4, 0.5) is 4.39 Å². The second-order valence-corrected chi connectivity index (χ2v) is 3.72. The molecule has 0 saturated carbocycles. The molecule has 19 heavy (non-hydrogen) atoms. The van der Waals surface area contributed by atoms with Crippen molar-refractivity contribution in [3.8, 4) is 29.1 Å². The predicted octanol–water partition coefficient (Wildman–Crippen LogP) is 3.07. The van der Waals surface area contributed by atoms with Crippen LogP contribution in [0, 0.1) is 17.7 Å². The number of nitrogens with zero attached hydrogens (tertiary/aromatic N) is 2. The Balaban J connectivity index is 2.15. The molecule has 3 nitrogen and oxygen atoms in total. The van der Waals surface area contributed by atoms with Crippen LogP contribution in [-0.2, 0) is 0 Å². The molecule has 0 bridgehead atoms. The first-order valence-corrected chi connectivity index (χ1v) is 5.91. The molecule has 96 valence electrons. The molecule has 0 amide bonds. The Morgan fingerprint density at radius 1 is 1.26 bits per heavy atom. The summed E-state index contributed by atoms with van der Waals surface area (Å²) in [6.07, 6.45) is 2.19. The molecular formula is C15H13FN2O. The van der Waals surface area contributed by atoms with Crippen LogP contribution < -0.4 is 4.74 Å². The first kappa shape index (κ1) is 13.0. The van der Waals surface area contributed by atoms with E-state index in [0.29, 0.717) is 30.3 Å². The normalized spacial score (nSPS) is 9.58. The minimum absolute atomic E-state index is 0.317. The number of hydrogen-bond donors (Lipinski definition) is 0. The average Bonchev–Trinajstić information content (AvgIpc) is 2.44. The number of hydrogen-bond acceptors (Lipinski definition) is 3. The average molecular weight is 256 g/mol. The highest BCUT2D eigenvalue weighted by Gasteiger charge is 2.07. The van der Waals surface area contributed by atoms with Gasteiger partial charge in [-0.2, -0.15) is 4.98 Å². The smallest absolute Gasteiger partial charge is 0.216 e. The van der Waals surface area contributed by atoms with Crippen LogP contribution in [-0.4, -0.2) is 16.6 Å². The van der Waals surface area contributed by atoms with Gasteiger partial charge in [0.2, 0.25) is 5.88 Å². The molecular weight excluding hydrogens is 243 g/mol. The van der Waals surface area contributed by atoms with Crippen molar-refractivity contribution < 1.29 is 9.13 Å². The fourth-order valence-electron chi connectivity index (χ4n) is 1.53. The molecule has 1 heterocycles. The number of halogens is 1. The van der Waals surface area contributed by atoms with Gasteiger partial charge in [-0.3, -0.25) is 0 Å². The van der Waals surface area contributed by atoms with E-state index in [1.807, 2.05) is 0 Å². The Morgan fingerprint density at radius 3 is 2.89 bits per heavy atom. The molecule has 0 aliphatic carbocycles. The fourth-order valence-corrected chi connectivity index (χ4v) is 1.53. The Bertz CT molecular complexity index is 617. The summed E-state index contributed by atoms with van der Waals surface area (Å²) in [5.41, 5.74) is 0.362. The Kier molecular flexibility index (Phi) is 4.46. The third-order valence-electron chi connectivity index (χ3n) is 2.40. The lowest BCUT2D eigenvalue weighted by Crippen LogP contribution is -2.00. The van der Waals surface area contributed by atoms with Crippen LogP contribution in [0.15, 0.2) is 36.5 Å². The highest BCUT2D eigenvalue weighted by molar-refractivity contribution is 5.55. The monoisotopic (exact) mass is 256 g/mol. The minimum Gasteiger partial charge on any atom is -0.477 e. The van der Waals surface area contributed by atoms with E-state index in [2.05, 4.69) is 21.8 Å². The van der Waals surface area contributed by atoms with Gasteiger partial charge in [0.15, 0.2) is 5.82 Å². The van der Waals surface area contributed by atoms with E-state index in [0.717, 1.165) is 0 Å². The number of ether oxygens (including phenoxy) is 1. The van der Waals surface area contributed by atoms with Crippen molar-refractivity contribution in [3.05, 3.63) is 42.3 Å². The van der Waals surface area contributed by atoms with Crippen molar-refractivity contribution in [2.45, 2.75) is 13.3 Å². The molecule has 1 aromatic carbocycles. The molecule has 0 N–H and O–H groups in total. The molecule has 0 unspecified atom stereocenters. The maximum Gasteiger partial charge on any atom is 0.216 e. The third kappa shape index (κ3) is 3.52. The zero-order valence-electron chi connectivity index (χ0n) is 10.6. The van der Waals surface area contributed by atoms with Gasteiger partial charge < -0.3 is 4.74 Å². The van der Waals surface area contributed by atoms with Gasteiger partial charge in [0.25, 0.3) is 0 Å². The Labute approximate surface area is 111 Å². The molecule has 0 aliphatic heterocycles. The van der Waals surface area contributed by atoms with Gasteiger partial charge in [-0.25, -0.2) is 9.37 Å². The lowest BCUT2D eigenvalue weighted by molar-refractivity contribution is 0.314. The summed E-state index contributed by atoms with van der Waals surface area (Å²) in [6.45, 7) is 2.23. The van der Waals surface area contributed by atoms with Crippen LogP contribution in [0.3, 0.4) is 0 Å². The van der Waals surface area contributed by atoms with Gasteiger partial charge in [-0.05, 0) is 19.1 Å². The van der Waals surface area contributed by atoms with Gasteiger partial charge in [0, 0.05) is 18.7 Å². The van der Waals surface area contributed by atoms with E-state index in [9.17, 15) is 4.39 Å². The summed E-state index contributed by atoms with van der Waals surface area (Å²) in [4.78, 5) is 8.24. The van der Waals surface area contributed by atoms with E-state index in [1.165, 1.54) is 6.07 Å². The van der Waals surface area contributed by atoms with Gasteiger partial charge in [0.1, 0.15) is 12.4 Å². The third-order valence-corrected chi connectivity index (χ3v) is 2.40. The van der Waals surface area contributed by atoms with Crippen LogP contribution in [0.1, 0.15) is 13.3 Å². The van der Waals surface area contributed by atoms with Gasteiger partial charge in [-0.1, -0.05) is 12.1 Å². The zero-order valence-corrected chi connectivity index (χ0v) is 10.6. The summed E-state index contributed by atoms with van der Waals surface area (Å²) in [6, 6.07) is 8.03. The van der Waals surface area contributed by atoms with Crippen molar-refractivity contribution in [2.75, 3.05) is 6.61 Å². The number of aromatic nitrogens is 2. The van der Waals surface area contributed by atoms with Gasteiger partial charge >= 0.3 is 0 Å². The van der Waals surface area contributed by atoms with Crippen molar-refractivity contribution in [1.82, 2.24) is 9.97 Å². The maximum absolute atomic E-state index is 13.6. The lowest BCUT2D eigenvalue weighted by Gasteiger charge is -2.05. The van der Waals surface area contributed by atoms with Gasteiger partial charge in [-0.15, -0.1) is 11.8 Å². The Morgan fingerprint density at radius 2 is 2.11 bits per heavy atom. The molecule has 0 saturated heterocycles. The second kappa shape index (κ2) is 6.50. The summed E-state index contributed by atoms with van der Waals surface area (Å²) in [5.74, 6) is 6.07. The maximum atomic E-state index is 13.6. The van der Waals surface area contributed by atoms with Crippen molar-refractivity contribution in [3.63, 3.8) is 0 Å². The standard InChI is InChI=1S/C15H13FN2O/c1-2-3-6-11-19-14-9-10-17-15(18-14)12-7-4-5-8-13(12)16/h4-5,7-10H,6,11H2,1H3. The quantitative estimate of drug-likeness (QED) is 0.623. The van der Waals surface area contributed by atoms with E-state index in [1.54, 1.807) is 37.4 Å². The molecule has 4 heteroatoms. The number of benzene rings is 1. The molecule has 0 atom stereocenters. The largest absolute Gasteiger partial charge is 0.477 e. The topological polar surface area (TPSA) is 35.0 Å². The molecule has 2 aromatic rings. The lowest BCUT2D eigenvalue weighted by atomic mass is 10.2. The molecule has 0 radical (unpaired) electrons. The Hall–Kier alpha value is -2.41. The minimum atomic E-state index is -0.350. The summed E-state index contributed by atoms with van der Waals surface area (Å²) >= 11 is 0. The van der Waals surface area contributed by atoms with Crippen LogP contribution in [0.25, 0.3) is 11.4 Å². The first-order valence-electron chi connectivity index (χ1n) is 5.91. The fraction of sp³-hybridized carbons (Fsp3) is 0.200. The predicted molar refractivity (Wildman–Crippen MR) is 71.0 cm³/mol. The summed E-state index contributed by atoms with van der Waals surface area (Å²) in [5, 5.41) is 0. The molecule has 0 fully saturated rings. The zero-order chi connectivity index (χ0) is 13.5. The summed E-state index contributed by atoms with van der Waals surface area (Å²) < 4.78 is 19.1. The SMILES string of the molecule is CC#CCCOc1ccnc(-c2ccccc2F)n1. The first-order chi connectivity index (χ1) is 9.31. The van der Waals surface area contributed by atoms with Crippen LogP contribution in [0.5, 0.6) is 5.88 Å².